The number of hydrazine groups is 1. The van der Waals surface area contributed by atoms with Crippen molar-refractivity contribution in [2.24, 2.45) is 5.84 Å². The molecule has 1 aromatic heterocycles. The third kappa shape index (κ3) is 3.04. The molecule has 0 aliphatic heterocycles. The number of halogens is 2. The molecule has 1 atom stereocenters. The smallest absolute Gasteiger partial charge is 0.128 e. The second kappa shape index (κ2) is 5.91. The van der Waals surface area contributed by atoms with E-state index >= 15 is 0 Å². The fourth-order valence-corrected chi connectivity index (χ4v) is 1.98. The average molecular weight is 266 g/mol. The normalized spacial score (nSPS) is 12.4. The number of pyridine rings is 1. The molecule has 0 saturated heterocycles. The first-order chi connectivity index (χ1) is 8.70. The van der Waals surface area contributed by atoms with Gasteiger partial charge in [0.25, 0.3) is 0 Å². The van der Waals surface area contributed by atoms with E-state index in [1.165, 1.54) is 12.1 Å². The Bertz CT molecular complexity index is 519. The Morgan fingerprint density at radius 3 is 2.89 bits per heavy atom. The molecule has 3 N–H and O–H groups in total. The van der Waals surface area contributed by atoms with E-state index in [0.717, 1.165) is 5.56 Å². The van der Waals surface area contributed by atoms with Crippen molar-refractivity contribution in [3.8, 4) is 0 Å². The van der Waals surface area contributed by atoms with E-state index in [2.05, 4.69) is 10.4 Å². The molecule has 0 bridgehead atoms. The first-order valence-electron chi connectivity index (χ1n) is 5.50. The molecule has 1 unspecified atom stereocenters. The number of nitrogens with two attached hydrogens (primary N) is 1. The summed E-state index contributed by atoms with van der Waals surface area (Å²) >= 11 is 5.87. The Kier molecular flexibility index (Phi) is 4.25. The highest BCUT2D eigenvalue weighted by Crippen LogP contribution is 2.23. The van der Waals surface area contributed by atoms with Crippen LogP contribution in [0.5, 0.6) is 0 Å². The van der Waals surface area contributed by atoms with E-state index < -0.39 is 0 Å². The maximum absolute atomic E-state index is 13.7. The summed E-state index contributed by atoms with van der Waals surface area (Å²) in [5.41, 5.74) is 4.03. The molecular weight excluding hydrogens is 253 g/mol. The maximum atomic E-state index is 13.7. The van der Waals surface area contributed by atoms with Crippen LogP contribution in [0.3, 0.4) is 0 Å². The summed E-state index contributed by atoms with van der Waals surface area (Å²) in [5.74, 6) is 5.16. The second-order valence-electron chi connectivity index (χ2n) is 3.95. The van der Waals surface area contributed by atoms with Crippen LogP contribution in [-0.2, 0) is 6.42 Å². The number of nitrogens with one attached hydrogen (secondary N) is 1. The highest BCUT2D eigenvalue weighted by molar-refractivity contribution is 6.30. The molecule has 0 amide bonds. The molecule has 3 nitrogen and oxygen atoms in total. The summed E-state index contributed by atoms with van der Waals surface area (Å²) in [5, 5.41) is 0.484. The molecule has 0 radical (unpaired) electrons. The van der Waals surface area contributed by atoms with Gasteiger partial charge in [-0.2, -0.15) is 0 Å². The third-order valence-corrected chi connectivity index (χ3v) is 2.93. The summed E-state index contributed by atoms with van der Waals surface area (Å²) in [6.07, 6.45) is 3.96. The molecular formula is C13H13ClFN3. The minimum absolute atomic E-state index is 0.328. The van der Waals surface area contributed by atoms with Crippen LogP contribution in [0, 0.1) is 5.82 Å². The van der Waals surface area contributed by atoms with Crippen LogP contribution in [0.25, 0.3) is 0 Å². The quantitative estimate of drug-likeness (QED) is 0.660. The van der Waals surface area contributed by atoms with Crippen molar-refractivity contribution in [1.29, 1.82) is 0 Å². The van der Waals surface area contributed by atoms with E-state index in [1.54, 1.807) is 18.5 Å². The lowest BCUT2D eigenvalue weighted by Gasteiger charge is -2.17. The lowest BCUT2D eigenvalue weighted by Crippen LogP contribution is -2.30. The third-order valence-electron chi connectivity index (χ3n) is 2.70. The molecule has 5 heteroatoms. The molecule has 1 heterocycles. The molecule has 0 aliphatic rings. The van der Waals surface area contributed by atoms with Gasteiger partial charge in [-0.1, -0.05) is 17.7 Å². The number of nitrogens with zero attached hydrogens (tertiary/aromatic N) is 1. The van der Waals surface area contributed by atoms with Crippen molar-refractivity contribution in [2.45, 2.75) is 12.5 Å². The van der Waals surface area contributed by atoms with Gasteiger partial charge in [-0.05, 0) is 36.2 Å². The number of aromatic nitrogens is 1. The molecule has 0 fully saturated rings. The van der Waals surface area contributed by atoms with Crippen molar-refractivity contribution in [2.75, 3.05) is 0 Å². The highest BCUT2D eigenvalue weighted by Gasteiger charge is 2.15. The predicted octanol–water partition coefficient (Wildman–Crippen LogP) is 2.62. The summed E-state index contributed by atoms with van der Waals surface area (Å²) in [4.78, 5) is 4.02. The van der Waals surface area contributed by atoms with Gasteiger partial charge in [0.05, 0.1) is 6.04 Å². The van der Waals surface area contributed by atoms with Gasteiger partial charge < -0.3 is 0 Å². The van der Waals surface area contributed by atoms with Gasteiger partial charge in [0.1, 0.15) is 5.82 Å². The first-order valence-corrected chi connectivity index (χ1v) is 5.88. The van der Waals surface area contributed by atoms with Crippen LogP contribution in [0.1, 0.15) is 17.2 Å². The molecule has 18 heavy (non-hydrogen) atoms. The van der Waals surface area contributed by atoms with E-state index in [1.807, 2.05) is 12.1 Å². The van der Waals surface area contributed by atoms with Crippen molar-refractivity contribution in [3.63, 3.8) is 0 Å². The molecule has 1 aromatic carbocycles. The van der Waals surface area contributed by atoms with E-state index in [0.29, 0.717) is 17.0 Å². The Morgan fingerprint density at radius 2 is 2.22 bits per heavy atom. The standard InChI is InChI=1S/C13H13ClFN3/c14-10-3-4-12(15)11(7-10)13(18-16)6-9-2-1-5-17-8-9/h1-5,7-8,13,18H,6,16H2. The summed E-state index contributed by atoms with van der Waals surface area (Å²) < 4.78 is 13.7. The van der Waals surface area contributed by atoms with Crippen LogP contribution >= 0.6 is 11.6 Å². The lowest BCUT2D eigenvalue weighted by molar-refractivity contribution is 0.510. The Labute approximate surface area is 110 Å². The Balaban J connectivity index is 2.26. The van der Waals surface area contributed by atoms with Gasteiger partial charge in [0.2, 0.25) is 0 Å². The zero-order valence-electron chi connectivity index (χ0n) is 9.61. The van der Waals surface area contributed by atoms with Gasteiger partial charge >= 0.3 is 0 Å². The molecule has 0 saturated carbocycles. The van der Waals surface area contributed by atoms with Crippen LogP contribution in [0.4, 0.5) is 4.39 Å². The first kappa shape index (κ1) is 13.0. The largest absolute Gasteiger partial charge is 0.271 e. The number of rotatable bonds is 4. The number of hydrogen-bond donors (Lipinski definition) is 2. The van der Waals surface area contributed by atoms with Crippen LogP contribution in [0.2, 0.25) is 5.02 Å². The van der Waals surface area contributed by atoms with Gasteiger partial charge in [-0.3, -0.25) is 16.3 Å². The molecule has 0 aliphatic carbocycles. The maximum Gasteiger partial charge on any atom is 0.128 e. The second-order valence-corrected chi connectivity index (χ2v) is 4.39. The molecule has 0 spiro atoms. The van der Waals surface area contributed by atoms with Crippen LogP contribution in [-0.4, -0.2) is 4.98 Å². The monoisotopic (exact) mass is 265 g/mol. The molecule has 94 valence electrons. The topological polar surface area (TPSA) is 50.9 Å². The van der Waals surface area contributed by atoms with Crippen LogP contribution in [0.15, 0.2) is 42.7 Å². The van der Waals surface area contributed by atoms with Gasteiger partial charge in [0.15, 0.2) is 0 Å². The minimum atomic E-state index is -0.340. The van der Waals surface area contributed by atoms with E-state index in [9.17, 15) is 4.39 Å². The zero-order chi connectivity index (χ0) is 13.0. The fourth-order valence-electron chi connectivity index (χ4n) is 1.79. The fraction of sp³-hybridized carbons (Fsp3) is 0.154. The SMILES string of the molecule is NNC(Cc1cccnc1)c1cc(Cl)ccc1F. The van der Waals surface area contributed by atoms with Gasteiger partial charge in [-0.25, -0.2) is 4.39 Å². The van der Waals surface area contributed by atoms with Gasteiger partial charge in [-0.15, -0.1) is 0 Å². The average Bonchev–Trinajstić information content (AvgIpc) is 2.40. The minimum Gasteiger partial charge on any atom is -0.271 e. The summed E-state index contributed by atoms with van der Waals surface area (Å²) in [6, 6.07) is 7.84. The summed E-state index contributed by atoms with van der Waals surface area (Å²) in [7, 11) is 0. The van der Waals surface area contributed by atoms with Crippen molar-refractivity contribution in [1.82, 2.24) is 10.4 Å². The Morgan fingerprint density at radius 1 is 1.39 bits per heavy atom. The van der Waals surface area contributed by atoms with Crippen molar-refractivity contribution in [3.05, 3.63) is 64.7 Å². The molecule has 2 rings (SSSR count). The van der Waals surface area contributed by atoms with Gasteiger partial charge in [0, 0.05) is 23.0 Å². The number of hydrogen-bond acceptors (Lipinski definition) is 3. The zero-order valence-corrected chi connectivity index (χ0v) is 10.4. The Hall–Kier alpha value is -1.49. The van der Waals surface area contributed by atoms with Crippen LogP contribution < -0.4 is 11.3 Å². The van der Waals surface area contributed by atoms with Crippen molar-refractivity contribution >= 4 is 11.6 Å². The molecule has 2 aromatic rings. The number of benzene rings is 1. The van der Waals surface area contributed by atoms with E-state index in [-0.39, 0.29) is 11.9 Å². The van der Waals surface area contributed by atoms with Crippen molar-refractivity contribution < 1.29 is 4.39 Å². The van der Waals surface area contributed by atoms with E-state index in [4.69, 9.17) is 17.4 Å². The lowest BCUT2D eigenvalue weighted by atomic mass is 10.00. The highest BCUT2D eigenvalue weighted by atomic mass is 35.5. The summed E-state index contributed by atoms with van der Waals surface area (Å²) in [6.45, 7) is 0. The predicted molar refractivity (Wildman–Crippen MR) is 69.4 cm³/mol.